The zero-order valence-corrected chi connectivity index (χ0v) is 11.1. The zero-order valence-electron chi connectivity index (χ0n) is 10.3. The third-order valence-corrected chi connectivity index (χ3v) is 3.25. The number of benzene rings is 1. The van der Waals surface area contributed by atoms with Crippen molar-refractivity contribution in [2.75, 3.05) is 5.43 Å². The maximum atomic E-state index is 12.8. The van der Waals surface area contributed by atoms with Gasteiger partial charge in [-0.2, -0.15) is 5.10 Å². The van der Waals surface area contributed by atoms with Crippen LogP contribution >= 0.6 is 11.3 Å². The summed E-state index contributed by atoms with van der Waals surface area (Å²) in [6.07, 6.45) is 0.906. The number of rotatable bonds is 4. The maximum absolute atomic E-state index is 12.8. The van der Waals surface area contributed by atoms with E-state index in [1.165, 1.54) is 23.5 Å². The predicted octanol–water partition coefficient (Wildman–Crippen LogP) is 4.15. The number of hydrogen-bond donors (Lipinski definition) is 1. The third kappa shape index (κ3) is 3.13. The molecule has 2 rings (SSSR count). The summed E-state index contributed by atoms with van der Waals surface area (Å²) in [5, 5.41) is 6.85. The molecule has 0 aliphatic heterocycles. The van der Waals surface area contributed by atoms with Gasteiger partial charge in [-0.1, -0.05) is 6.92 Å². The first-order chi connectivity index (χ1) is 8.69. The van der Waals surface area contributed by atoms with Gasteiger partial charge in [0.05, 0.1) is 5.69 Å². The number of thiazole rings is 1. The Kier molecular flexibility index (Phi) is 4.04. The van der Waals surface area contributed by atoms with Crippen molar-refractivity contribution in [3.63, 3.8) is 0 Å². The van der Waals surface area contributed by atoms with Crippen LogP contribution in [-0.4, -0.2) is 10.7 Å². The topological polar surface area (TPSA) is 37.3 Å². The first kappa shape index (κ1) is 12.7. The Hall–Kier alpha value is -1.75. The van der Waals surface area contributed by atoms with Crippen molar-refractivity contribution in [2.24, 2.45) is 5.10 Å². The van der Waals surface area contributed by atoms with Gasteiger partial charge in [-0.05, 0) is 37.6 Å². The van der Waals surface area contributed by atoms with Crippen LogP contribution in [0.5, 0.6) is 0 Å². The lowest BCUT2D eigenvalue weighted by Crippen LogP contribution is -1.95. The van der Waals surface area contributed by atoms with Crippen LogP contribution in [0.4, 0.5) is 9.52 Å². The normalized spacial score (nSPS) is 11.6. The van der Waals surface area contributed by atoms with E-state index in [-0.39, 0.29) is 5.82 Å². The Labute approximate surface area is 109 Å². The molecule has 1 heterocycles. The van der Waals surface area contributed by atoms with Gasteiger partial charge >= 0.3 is 0 Å². The van der Waals surface area contributed by atoms with Gasteiger partial charge in [0.15, 0.2) is 0 Å². The molecule has 3 nitrogen and oxygen atoms in total. The van der Waals surface area contributed by atoms with E-state index in [1.54, 1.807) is 12.1 Å². The smallest absolute Gasteiger partial charge is 0.203 e. The van der Waals surface area contributed by atoms with Crippen LogP contribution in [0.3, 0.4) is 0 Å². The van der Waals surface area contributed by atoms with Crippen LogP contribution in [0.15, 0.2) is 34.7 Å². The third-order valence-electron chi connectivity index (χ3n) is 2.50. The SMILES string of the molecule is CC/C(C)=N\Nc1nc(-c2ccc(F)cc2)cs1. The zero-order chi connectivity index (χ0) is 13.0. The van der Waals surface area contributed by atoms with Gasteiger partial charge in [0.1, 0.15) is 5.82 Å². The first-order valence-corrected chi connectivity index (χ1v) is 6.57. The van der Waals surface area contributed by atoms with Crippen LogP contribution in [0.1, 0.15) is 20.3 Å². The highest BCUT2D eigenvalue weighted by molar-refractivity contribution is 7.14. The Morgan fingerprint density at radius 3 is 2.78 bits per heavy atom. The van der Waals surface area contributed by atoms with E-state index in [4.69, 9.17) is 0 Å². The molecule has 18 heavy (non-hydrogen) atoms. The van der Waals surface area contributed by atoms with Crippen molar-refractivity contribution >= 4 is 22.2 Å². The quantitative estimate of drug-likeness (QED) is 0.664. The maximum Gasteiger partial charge on any atom is 0.203 e. The molecule has 1 aromatic carbocycles. The van der Waals surface area contributed by atoms with Gasteiger partial charge in [0.25, 0.3) is 0 Å². The molecule has 0 radical (unpaired) electrons. The second-order valence-electron chi connectivity index (χ2n) is 3.86. The molecule has 0 aliphatic carbocycles. The van der Waals surface area contributed by atoms with E-state index in [2.05, 4.69) is 15.5 Å². The Morgan fingerprint density at radius 1 is 1.39 bits per heavy atom. The molecule has 1 aromatic heterocycles. The lowest BCUT2D eigenvalue weighted by Gasteiger charge is -1.97. The second-order valence-corrected chi connectivity index (χ2v) is 4.72. The minimum absolute atomic E-state index is 0.240. The molecule has 2 aromatic rings. The van der Waals surface area contributed by atoms with Gasteiger partial charge < -0.3 is 0 Å². The largest absolute Gasteiger partial charge is 0.253 e. The number of nitrogens with one attached hydrogen (secondary N) is 1. The molecule has 0 bridgehead atoms. The number of hydrogen-bond acceptors (Lipinski definition) is 4. The molecule has 0 fully saturated rings. The molecule has 0 saturated heterocycles. The number of anilines is 1. The minimum Gasteiger partial charge on any atom is -0.253 e. The van der Waals surface area contributed by atoms with E-state index in [9.17, 15) is 4.39 Å². The van der Waals surface area contributed by atoms with Gasteiger partial charge in [-0.15, -0.1) is 11.3 Å². The van der Waals surface area contributed by atoms with Crippen molar-refractivity contribution in [3.8, 4) is 11.3 Å². The summed E-state index contributed by atoms with van der Waals surface area (Å²) in [5.41, 5.74) is 5.67. The fourth-order valence-corrected chi connectivity index (χ4v) is 1.96. The standard InChI is InChI=1S/C13H14FN3S/c1-3-9(2)16-17-13-15-12(8-18-13)10-4-6-11(14)7-5-10/h4-8H,3H2,1-2H3,(H,15,17)/b16-9-. The van der Waals surface area contributed by atoms with Crippen LogP contribution < -0.4 is 5.43 Å². The molecular weight excluding hydrogens is 249 g/mol. The van der Waals surface area contributed by atoms with Crippen molar-refractivity contribution in [1.82, 2.24) is 4.98 Å². The molecule has 0 unspecified atom stereocenters. The summed E-state index contributed by atoms with van der Waals surface area (Å²) in [6, 6.07) is 6.30. The molecule has 0 aliphatic rings. The number of aromatic nitrogens is 1. The predicted molar refractivity (Wildman–Crippen MR) is 74.5 cm³/mol. The summed E-state index contributed by atoms with van der Waals surface area (Å²) < 4.78 is 12.8. The van der Waals surface area contributed by atoms with Gasteiger partial charge in [-0.3, -0.25) is 5.43 Å². The summed E-state index contributed by atoms with van der Waals surface area (Å²) in [4.78, 5) is 4.39. The molecule has 0 atom stereocenters. The van der Waals surface area contributed by atoms with Gasteiger partial charge in [0.2, 0.25) is 5.13 Å². The molecule has 94 valence electrons. The molecule has 0 amide bonds. The molecule has 5 heteroatoms. The Morgan fingerprint density at radius 2 is 2.11 bits per heavy atom. The minimum atomic E-state index is -0.240. The highest BCUT2D eigenvalue weighted by atomic mass is 32.1. The van der Waals surface area contributed by atoms with Crippen molar-refractivity contribution in [1.29, 1.82) is 0 Å². The molecule has 0 saturated carbocycles. The van der Waals surface area contributed by atoms with E-state index in [0.29, 0.717) is 0 Å². The highest BCUT2D eigenvalue weighted by Crippen LogP contribution is 2.24. The fraction of sp³-hybridized carbons (Fsp3) is 0.231. The molecule has 0 spiro atoms. The van der Waals surface area contributed by atoms with E-state index >= 15 is 0 Å². The monoisotopic (exact) mass is 263 g/mol. The molecular formula is C13H14FN3S. The second kappa shape index (κ2) is 5.73. The Bertz CT molecular complexity index is 546. The average Bonchev–Trinajstić information content (AvgIpc) is 2.85. The van der Waals surface area contributed by atoms with E-state index < -0.39 is 0 Å². The number of nitrogens with zero attached hydrogens (tertiary/aromatic N) is 2. The van der Waals surface area contributed by atoms with Crippen LogP contribution in [0.25, 0.3) is 11.3 Å². The van der Waals surface area contributed by atoms with Gasteiger partial charge in [0, 0.05) is 16.7 Å². The van der Waals surface area contributed by atoms with Crippen molar-refractivity contribution in [2.45, 2.75) is 20.3 Å². The van der Waals surface area contributed by atoms with Crippen molar-refractivity contribution < 1.29 is 4.39 Å². The van der Waals surface area contributed by atoms with Crippen LogP contribution in [0, 0.1) is 5.82 Å². The van der Waals surface area contributed by atoms with E-state index in [0.717, 1.165) is 28.5 Å². The highest BCUT2D eigenvalue weighted by Gasteiger charge is 2.04. The van der Waals surface area contributed by atoms with Crippen LogP contribution in [-0.2, 0) is 0 Å². The van der Waals surface area contributed by atoms with Crippen LogP contribution in [0.2, 0.25) is 0 Å². The average molecular weight is 263 g/mol. The molecule has 1 N–H and O–H groups in total. The summed E-state index contributed by atoms with van der Waals surface area (Å²) in [5.74, 6) is -0.240. The first-order valence-electron chi connectivity index (χ1n) is 5.69. The summed E-state index contributed by atoms with van der Waals surface area (Å²) in [6.45, 7) is 4.01. The number of halogens is 1. The lowest BCUT2D eigenvalue weighted by atomic mass is 10.2. The fourth-order valence-electron chi connectivity index (χ4n) is 1.30. The van der Waals surface area contributed by atoms with Crippen molar-refractivity contribution in [3.05, 3.63) is 35.5 Å². The summed E-state index contributed by atoms with van der Waals surface area (Å²) in [7, 11) is 0. The summed E-state index contributed by atoms with van der Waals surface area (Å²) >= 11 is 1.48. The lowest BCUT2D eigenvalue weighted by molar-refractivity contribution is 0.628. The van der Waals surface area contributed by atoms with Gasteiger partial charge in [-0.25, -0.2) is 9.37 Å². The van der Waals surface area contributed by atoms with E-state index in [1.807, 2.05) is 19.2 Å². The Balaban J connectivity index is 2.13. The number of hydrazone groups is 1.